The normalized spacial score (nSPS) is 19.4. The lowest BCUT2D eigenvalue weighted by molar-refractivity contribution is -0.137. The molecule has 2 aromatic rings. The maximum absolute atomic E-state index is 10.9. The minimum atomic E-state index is -0.873. The zero-order valence-corrected chi connectivity index (χ0v) is 12.5. The largest absolute Gasteiger partial charge is 0.480 e. The van der Waals surface area contributed by atoms with E-state index in [1.165, 1.54) is 0 Å². The summed E-state index contributed by atoms with van der Waals surface area (Å²) >= 11 is 0. The Morgan fingerprint density at radius 1 is 1.50 bits per heavy atom. The Hall–Kier alpha value is -2.22. The van der Waals surface area contributed by atoms with Crippen LogP contribution in [0, 0.1) is 6.92 Å². The highest BCUT2D eigenvalue weighted by atomic mass is 16.6. The van der Waals surface area contributed by atoms with Crippen molar-refractivity contribution in [2.24, 2.45) is 0 Å². The molecule has 0 aliphatic carbocycles. The van der Waals surface area contributed by atoms with Crippen molar-refractivity contribution < 1.29 is 14.5 Å². The third kappa shape index (κ3) is 3.16. The highest BCUT2D eigenvalue weighted by molar-refractivity contribution is 5.66. The summed E-state index contributed by atoms with van der Waals surface area (Å²) in [5.74, 6) is -0.585. The number of aliphatic carboxylic acids is 1. The molecular formula is C14H19N5O3. The number of aryl methyl sites for hydroxylation is 1. The molecule has 0 aromatic carbocycles. The van der Waals surface area contributed by atoms with Gasteiger partial charge in [-0.05, 0) is 32.4 Å². The molecule has 0 unspecified atom stereocenters. The van der Waals surface area contributed by atoms with Crippen LogP contribution in [-0.4, -0.2) is 49.2 Å². The Balaban J connectivity index is 1.69. The van der Waals surface area contributed by atoms with E-state index in [0.29, 0.717) is 6.54 Å². The van der Waals surface area contributed by atoms with Gasteiger partial charge >= 0.3 is 5.97 Å². The number of likely N-dealkylation sites (tertiary alicyclic amines) is 1. The summed E-state index contributed by atoms with van der Waals surface area (Å²) in [7, 11) is 0. The van der Waals surface area contributed by atoms with Gasteiger partial charge in [-0.25, -0.2) is 4.63 Å². The fourth-order valence-electron chi connectivity index (χ4n) is 3.00. The molecule has 1 fully saturated rings. The lowest BCUT2D eigenvalue weighted by Gasteiger charge is -2.32. The lowest BCUT2D eigenvalue weighted by atomic mass is 9.94. The molecule has 3 rings (SSSR count). The predicted octanol–water partition coefficient (Wildman–Crippen LogP) is 1.04. The third-order valence-electron chi connectivity index (χ3n) is 4.08. The van der Waals surface area contributed by atoms with Crippen LogP contribution in [-0.2, 0) is 17.9 Å². The Morgan fingerprint density at radius 2 is 2.36 bits per heavy atom. The zero-order valence-electron chi connectivity index (χ0n) is 12.5. The molecular weight excluding hydrogens is 286 g/mol. The van der Waals surface area contributed by atoms with E-state index in [-0.39, 0.29) is 12.5 Å². The second-order valence-electron chi connectivity index (χ2n) is 5.68. The van der Waals surface area contributed by atoms with E-state index in [1.807, 2.05) is 13.0 Å². The number of carboxylic acids is 1. The molecule has 22 heavy (non-hydrogen) atoms. The van der Waals surface area contributed by atoms with E-state index in [9.17, 15) is 4.79 Å². The molecule has 8 heteroatoms. The first-order chi connectivity index (χ1) is 10.6. The Kier molecular flexibility index (Phi) is 4.19. The fraction of sp³-hybridized carbons (Fsp3) is 0.571. The van der Waals surface area contributed by atoms with E-state index in [2.05, 4.69) is 20.3 Å². The molecule has 1 atom stereocenters. The van der Waals surface area contributed by atoms with Crippen LogP contribution in [0.4, 0.5) is 0 Å². The molecule has 0 spiro atoms. The maximum atomic E-state index is 10.9. The molecule has 2 aromatic heterocycles. The van der Waals surface area contributed by atoms with Gasteiger partial charge in [-0.15, -0.1) is 0 Å². The molecule has 1 N–H and O–H groups in total. The van der Waals surface area contributed by atoms with E-state index < -0.39 is 5.97 Å². The van der Waals surface area contributed by atoms with Gasteiger partial charge in [0.25, 0.3) is 0 Å². The van der Waals surface area contributed by atoms with Gasteiger partial charge in [0.15, 0.2) is 0 Å². The zero-order chi connectivity index (χ0) is 15.5. The smallest absolute Gasteiger partial charge is 0.325 e. The SMILES string of the molecule is Cc1nonc1CN1CCC[C@@H](c2ccnn2CC(=O)O)C1. The topological polar surface area (TPSA) is 97.3 Å². The predicted molar refractivity (Wildman–Crippen MR) is 76.1 cm³/mol. The summed E-state index contributed by atoms with van der Waals surface area (Å²) in [6.07, 6.45) is 3.77. The first kappa shape index (κ1) is 14.7. The minimum absolute atomic E-state index is 0.0921. The van der Waals surface area contributed by atoms with Crippen molar-refractivity contribution >= 4 is 5.97 Å². The van der Waals surface area contributed by atoms with Crippen LogP contribution in [0.5, 0.6) is 0 Å². The highest BCUT2D eigenvalue weighted by Crippen LogP contribution is 2.27. The number of rotatable bonds is 5. The summed E-state index contributed by atoms with van der Waals surface area (Å²) in [6, 6.07) is 1.92. The molecule has 8 nitrogen and oxygen atoms in total. The monoisotopic (exact) mass is 305 g/mol. The number of carboxylic acid groups (broad SMARTS) is 1. The summed E-state index contributed by atoms with van der Waals surface area (Å²) < 4.78 is 6.33. The van der Waals surface area contributed by atoms with Gasteiger partial charge in [0.1, 0.15) is 17.9 Å². The first-order valence-electron chi connectivity index (χ1n) is 7.37. The summed E-state index contributed by atoms with van der Waals surface area (Å²) in [5, 5.41) is 20.8. The molecule has 3 heterocycles. The number of hydrogen-bond acceptors (Lipinski definition) is 6. The average Bonchev–Trinajstić information content (AvgIpc) is 3.09. The Bertz CT molecular complexity index is 650. The van der Waals surface area contributed by atoms with Gasteiger partial charge in [-0.3, -0.25) is 14.4 Å². The molecule has 1 saturated heterocycles. The molecule has 1 aliphatic heterocycles. The van der Waals surface area contributed by atoms with Crippen LogP contribution >= 0.6 is 0 Å². The summed E-state index contributed by atoms with van der Waals surface area (Å²) in [6.45, 7) is 4.35. The standard InChI is InChI=1S/C14H19N5O3/c1-10-12(17-22-16-10)8-18-6-2-3-11(7-18)13-4-5-15-19(13)9-14(20)21/h4-5,11H,2-3,6-9H2,1H3,(H,20,21)/t11-/m1/s1. The van der Waals surface area contributed by atoms with Gasteiger partial charge in [0.2, 0.25) is 0 Å². The van der Waals surface area contributed by atoms with Crippen molar-refractivity contribution in [3.05, 3.63) is 29.3 Å². The molecule has 1 aliphatic rings. The van der Waals surface area contributed by atoms with E-state index in [1.54, 1.807) is 10.9 Å². The molecule has 118 valence electrons. The van der Waals surface area contributed by atoms with Crippen LogP contribution in [0.3, 0.4) is 0 Å². The van der Waals surface area contributed by atoms with Crippen molar-refractivity contribution in [2.75, 3.05) is 13.1 Å². The van der Waals surface area contributed by atoms with Gasteiger partial charge in [0, 0.05) is 30.9 Å². The van der Waals surface area contributed by atoms with Crippen molar-refractivity contribution in [2.45, 2.75) is 38.8 Å². The second-order valence-corrected chi connectivity index (χ2v) is 5.68. The number of piperidine rings is 1. The van der Waals surface area contributed by atoms with Gasteiger partial charge < -0.3 is 5.11 Å². The van der Waals surface area contributed by atoms with Crippen molar-refractivity contribution in [3.8, 4) is 0 Å². The van der Waals surface area contributed by atoms with Crippen molar-refractivity contribution in [1.29, 1.82) is 0 Å². The molecule has 0 bridgehead atoms. The number of carbonyl (C=O) groups is 1. The van der Waals surface area contributed by atoms with E-state index in [0.717, 1.165) is 43.0 Å². The van der Waals surface area contributed by atoms with Gasteiger partial charge in [0.05, 0.1) is 0 Å². The van der Waals surface area contributed by atoms with E-state index >= 15 is 0 Å². The minimum Gasteiger partial charge on any atom is -0.480 e. The number of nitrogens with zero attached hydrogens (tertiary/aromatic N) is 5. The van der Waals surface area contributed by atoms with Crippen molar-refractivity contribution in [3.63, 3.8) is 0 Å². The summed E-state index contributed by atoms with van der Waals surface area (Å²) in [4.78, 5) is 13.2. The lowest BCUT2D eigenvalue weighted by Crippen LogP contribution is -2.35. The van der Waals surface area contributed by atoms with Crippen LogP contribution < -0.4 is 0 Å². The Labute approximate surface area is 127 Å². The first-order valence-corrected chi connectivity index (χ1v) is 7.37. The quantitative estimate of drug-likeness (QED) is 0.881. The average molecular weight is 305 g/mol. The maximum Gasteiger partial charge on any atom is 0.325 e. The highest BCUT2D eigenvalue weighted by Gasteiger charge is 2.25. The van der Waals surface area contributed by atoms with Crippen molar-refractivity contribution in [1.82, 2.24) is 25.0 Å². The van der Waals surface area contributed by atoms with Crippen LogP contribution in [0.15, 0.2) is 16.9 Å². The van der Waals surface area contributed by atoms with Crippen LogP contribution in [0.2, 0.25) is 0 Å². The second kappa shape index (κ2) is 6.27. The number of hydrogen-bond donors (Lipinski definition) is 1. The third-order valence-corrected chi connectivity index (χ3v) is 4.08. The Morgan fingerprint density at radius 3 is 3.09 bits per heavy atom. The van der Waals surface area contributed by atoms with Gasteiger partial charge in [-0.2, -0.15) is 5.10 Å². The molecule has 0 saturated carbocycles. The molecule has 0 radical (unpaired) electrons. The molecule has 0 amide bonds. The summed E-state index contributed by atoms with van der Waals surface area (Å²) in [5.41, 5.74) is 2.67. The van der Waals surface area contributed by atoms with Crippen LogP contribution in [0.25, 0.3) is 0 Å². The van der Waals surface area contributed by atoms with E-state index in [4.69, 9.17) is 9.74 Å². The fourth-order valence-corrected chi connectivity index (χ4v) is 3.00. The number of aromatic nitrogens is 4. The van der Waals surface area contributed by atoms with Gasteiger partial charge in [-0.1, -0.05) is 10.3 Å². The van der Waals surface area contributed by atoms with Crippen LogP contribution in [0.1, 0.15) is 35.8 Å².